The van der Waals surface area contributed by atoms with Crippen molar-refractivity contribution in [2.45, 2.75) is 6.92 Å². The molecular formula is C8H7BrFNO2. The molecule has 3 N–H and O–H groups in total. The molecule has 0 radical (unpaired) electrons. The predicted octanol–water partition coefficient (Wildman–Crippen LogP) is 2.18. The maximum absolute atomic E-state index is 13.1. The van der Waals surface area contributed by atoms with E-state index in [-0.39, 0.29) is 21.3 Å². The average molecular weight is 248 g/mol. The number of halogens is 2. The molecule has 0 amide bonds. The Labute approximate surface area is 82.5 Å². The van der Waals surface area contributed by atoms with Crippen molar-refractivity contribution in [1.29, 1.82) is 0 Å². The van der Waals surface area contributed by atoms with Crippen molar-refractivity contribution in [3.05, 3.63) is 27.5 Å². The molecule has 0 saturated heterocycles. The van der Waals surface area contributed by atoms with Crippen LogP contribution in [0.25, 0.3) is 0 Å². The number of carboxylic acids is 1. The van der Waals surface area contributed by atoms with Gasteiger partial charge in [0, 0.05) is 0 Å². The highest BCUT2D eigenvalue weighted by Gasteiger charge is 2.15. The van der Waals surface area contributed by atoms with Gasteiger partial charge in [0.15, 0.2) is 0 Å². The number of carboxylic acid groups (broad SMARTS) is 1. The molecule has 70 valence electrons. The molecule has 0 unspecified atom stereocenters. The summed E-state index contributed by atoms with van der Waals surface area (Å²) in [6.45, 7) is 1.48. The quantitative estimate of drug-likeness (QED) is 0.748. The van der Waals surface area contributed by atoms with Gasteiger partial charge in [-0.2, -0.15) is 0 Å². The number of rotatable bonds is 1. The van der Waals surface area contributed by atoms with E-state index >= 15 is 0 Å². The van der Waals surface area contributed by atoms with Gasteiger partial charge in [-0.25, -0.2) is 9.18 Å². The summed E-state index contributed by atoms with van der Waals surface area (Å²) in [5.41, 5.74) is 5.45. The van der Waals surface area contributed by atoms with Crippen LogP contribution in [0.15, 0.2) is 10.5 Å². The molecule has 0 heterocycles. The van der Waals surface area contributed by atoms with Crippen molar-refractivity contribution >= 4 is 27.6 Å². The van der Waals surface area contributed by atoms with Gasteiger partial charge in [0.05, 0.1) is 15.7 Å². The maximum Gasteiger partial charge on any atom is 0.337 e. The number of hydrogen-bond acceptors (Lipinski definition) is 2. The van der Waals surface area contributed by atoms with Crippen LogP contribution < -0.4 is 5.73 Å². The van der Waals surface area contributed by atoms with Gasteiger partial charge in [0.1, 0.15) is 5.82 Å². The molecule has 0 aliphatic rings. The lowest BCUT2D eigenvalue weighted by Gasteiger charge is -2.06. The Kier molecular flexibility index (Phi) is 2.56. The number of nitrogen functional groups attached to an aromatic ring is 1. The number of carbonyl (C=O) groups is 1. The van der Waals surface area contributed by atoms with Crippen LogP contribution in [-0.4, -0.2) is 11.1 Å². The first-order chi connectivity index (χ1) is 5.95. The number of hydrogen-bond donors (Lipinski definition) is 2. The number of aromatic carboxylic acids is 1. The smallest absolute Gasteiger partial charge is 0.337 e. The summed E-state index contributed by atoms with van der Waals surface area (Å²) in [7, 11) is 0. The first-order valence-corrected chi connectivity index (χ1v) is 4.21. The van der Waals surface area contributed by atoms with Crippen LogP contribution in [0.5, 0.6) is 0 Å². The molecule has 0 spiro atoms. The summed E-state index contributed by atoms with van der Waals surface area (Å²) < 4.78 is 13.1. The van der Waals surface area contributed by atoms with E-state index in [4.69, 9.17) is 10.8 Å². The van der Waals surface area contributed by atoms with Crippen molar-refractivity contribution in [2.75, 3.05) is 5.73 Å². The minimum Gasteiger partial charge on any atom is -0.478 e. The van der Waals surface area contributed by atoms with Crippen molar-refractivity contribution in [1.82, 2.24) is 0 Å². The molecule has 0 aliphatic carbocycles. The van der Waals surface area contributed by atoms with E-state index < -0.39 is 11.8 Å². The minimum atomic E-state index is -1.17. The largest absolute Gasteiger partial charge is 0.478 e. The Bertz CT molecular complexity index is 379. The van der Waals surface area contributed by atoms with E-state index in [2.05, 4.69) is 15.9 Å². The Morgan fingerprint density at radius 1 is 1.69 bits per heavy atom. The van der Waals surface area contributed by atoms with E-state index in [9.17, 15) is 9.18 Å². The van der Waals surface area contributed by atoms with Crippen molar-refractivity contribution in [3.63, 3.8) is 0 Å². The Morgan fingerprint density at radius 2 is 2.23 bits per heavy atom. The predicted molar refractivity (Wildman–Crippen MR) is 50.2 cm³/mol. The molecule has 0 aliphatic heterocycles. The van der Waals surface area contributed by atoms with Gasteiger partial charge in [0.25, 0.3) is 0 Å². The van der Waals surface area contributed by atoms with Crippen LogP contribution in [0.2, 0.25) is 0 Å². The van der Waals surface area contributed by atoms with Gasteiger partial charge < -0.3 is 10.8 Å². The van der Waals surface area contributed by atoms with E-state index in [1.807, 2.05) is 0 Å². The van der Waals surface area contributed by atoms with Gasteiger partial charge in [0.2, 0.25) is 0 Å². The lowest BCUT2D eigenvalue weighted by Crippen LogP contribution is -2.05. The molecule has 0 bridgehead atoms. The molecular weight excluding hydrogens is 241 g/mol. The fourth-order valence-corrected chi connectivity index (χ4v) is 1.47. The molecule has 5 heteroatoms. The second-order valence-electron chi connectivity index (χ2n) is 2.59. The highest BCUT2D eigenvalue weighted by atomic mass is 79.9. The van der Waals surface area contributed by atoms with Gasteiger partial charge in [-0.1, -0.05) is 0 Å². The van der Waals surface area contributed by atoms with E-state index in [0.29, 0.717) is 0 Å². The fraction of sp³-hybridized carbons (Fsp3) is 0.125. The molecule has 0 aromatic heterocycles. The fourth-order valence-electron chi connectivity index (χ4n) is 0.944. The summed E-state index contributed by atoms with van der Waals surface area (Å²) >= 11 is 2.89. The highest BCUT2D eigenvalue weighted by Crippen LogP contribution is 2.29. The molecule has 0 atom stereocenters. The first kappa shape index (κ1) is 9.98. The van der Waals surface area contributed by atoms with Crippen LogP contribution in [0.3, 0.4) is 0 Å². The zero-order valence-electron chi connectivity index (χ0n) is 6.77. The van der Waals surface area contributed by atoms with Gasteiger partial charge in [-0.3, -0.25) is 0 Å². The van der Waals surface area contributed by atoms with Gasteiger partial charge in [-0.05, 0) is 34.5 Å². The van der Waals surface area contributed by atoms with Crippen molar-refractivity contribution in [3.8, 4) is 0 Å². The summed E-state index contributed by atoms with van der Waals surface area (Å²) in [6.07, 6.45) is 0. The molecule has 0 saturated carbocycles. The standard InChI is InChI=1S/C8H7BrFNO2/c1-3-2-4(8(12)13)7(11)5(9)6(3)10/h2H,11H2,1H3,(H,12,13). The summed E-state index contributed by atoms with van der Waals surface area (Å²) in [6, 6.07) is 1.21. The average Bonchev–Trinajstić information content (AvgIpc) is 2.07. The third-order valence-corrected chi connectivity index (χ3v) is 2.43. The SMILES string of the molecule is Cc1cc(C(=O)O)c(N)c(Br)c1F. The zero-order valence-corrected chi connectivity index (χ0v) is 8.35. The van der Waals surface area contributed by atoms with E-state index in [1.165, 1.54) is 13.0 Å². The normalized spacial score (nSPS) is 10.1. The first-order valence-electron chi connectivity index (χ1n) is 3.42. The van der Waals surface area contributed by atoms with Crippen LogP contribution in [0.4, 0.5) is 10.1 Å². The second-order valence-corrected chi connectivity index (χ2v) is 3.38. The Morgan fingerprint density at radius 3 is 2.69 bits per heavy atom. The number of aryl methyl sites for hydroxylation is 1. The van der Waals surface area contributed by atoms with Crippen LogP contribution in [-0.2, 0) is 0 Å². The Hall–Kier alpha value is -1.10. The van der Waals surface area contributed by atoms with Gasteiger partial charge >= 0.3 is 5.97 Å². The minimum absolute atomic E-state index is 0.00454. The molecule has 0 fully saturated rings. The van der Waals surface area contributed by atoms with Crippen molar-refractivity contribution in [2.24, 2.45) is 0 Å². The number of anilines is 1. The topological polar surface area (TPSA) is 63.3 Å². The van der Waals surface area contributed by atoms with Crippen LogP contribution >= 0.6 is 15.9 Å². The van der Waals surface area contributed by atoms with Crippen molar-refractivity contribution < 1.29 is 14.3 Å². The maximum atomic E-state index is 13.1. The molecule has 1 aromatic rings. The summed E-state index contributed by atoms with van der Waals surface area (Å²) in [4.78, 5) is 10.6. The third-order valence-electron chi connectivity index (χ3n) is 1.66. The lowest BCUT2D eigenvalue weighted by molar-refractivity contribution is 0.0698. The lowest BCUT2D eigenvalue weighted by atomic mass is 10.1. The van der Waals surface area contributed by atoms with E-state index in [1.54, 1.807) is 0 Å². The van der Waals surface area contributed by atoms with Gasteiger partial charge in [-0.15, -0.1) is 0 Å². The molecule has 3 nitrogen and oxygen atoms in total. The molecule has 13 heavy (non-hydrogen) atoms. The monoisotopic (exact) mass is 247 g/mol. The second kappa shape index (κ2) is 3.33. The number of nitrogens with two attached hydrogens (primary N) is 1. The zero-order chi connectivity index (χ0) is 10.2. The molecule has 1 rings (SSSR count). The highest BCUT2D eigenvalue weighted by molar-refractivity contribution is 9.10. The van der Waals surface area contributed by atoms with Crippen LogP contribution in [0.1, 0.15) is 15.9 Å². The third kappa shape index (κ3) is 1.65. The molecule has 1 aromatic carbocycles. The summed E-state index contributed by atoms with van der Waals surface area (Å²) in [5, 5.41) is 8.68. The summed E-state index contributed by atoms with van der Waals surface area (Å²) in [5.74, 6) is -1.69. The van der Waals surface area contributed by atoms with E-state index in [0.717, 1.165) is 0 Å². The number of benzene rings is 1. The Balaban J connectivity index is 3.50. The van der Waals surface area contributed by atoms with Crippen LogP contribution in [0, 0.1) is 12.7 Å².